The number of hydrogen-bond donors (Lipinski definition) is 1. The Bertz CT molecular complexity index is 2100. The second kappa shape index (κ2) is 16.8. The number of ether oxygens (including phenoxy) is 3. The van der Waals surface area contributed by atoms with Crippen molar-refractivity contribution in [3.8, 4) is 11.5 Å². The summed E-state index contributed by atoms with van der Waals surface area (Å²) < 4.78 is 47.1. The molecule has 0 radical (unpaired) electrons. The fourth-order valence-corrected chi connectivity index (χ4v) is 8.66. The van der Waals surface area contributed by atoms with Crippen molar-refractivity contribution in [3.63, 3.8) is 0 Å². The summed E-state index contributed by atoms with van der Waals surface area (Å²) in [6.07, 6.45) is 2.17. The third-order valence-corrected chi connectivity index (χ3v) is 11.5. The molecule has 0 bridgehead atoms. The van der Waals surface area contributed by atoms with Gasteiger partial charge in [-0.2, -0.15) is 13.4 Å². The summed E-state index contributed by atoms with van der Waals surface area (Å²) in [5, 5.41) is 2.68. The zero-order valence-corrected chi connectivity index (χ0v) is 31.2. The topological polar surface area (TPSA) is 135 Å². The quantitative estimate of drug-likeness (QED) is 0.0931. The fourth-order valence-electron chi connectivity index (χ4n) is 6.54. The van der Waals surface area contributed by atoms with Gasteiger partial charge in [-0.05, 0) is 77.9 Å². The largest absolute Gasteiger partial charge is 0.497 e. The first kappa shape index (κ1) is 37.8. The highest BCUT2D eigenvalue weighted by Crippen LogP contribution is 2.51. The molecule has 0 aliphatic carbocycles. The van der Waals surface area contributed by atoms with E-state index in [-0.39, 0.29) is 30.7 Å². The van der Waals surface area contributed by atoms with Gasteiger partial charge in [-0.25, -0.2) is 4.79 Å². The molecule has 1 saturated heterocycles. The van der Waals surface area contributed by atoms with E-state index >= 15 is 0 Å². The van der Waals surface area contributed by atoms with E-state index in [1.54, 1.807) is 62.5 Å². The summed E-state index contributed by atoms with van der Waals surface area (Å²) >= 11 is 1.73. The van der Waals surface area contributed by atoms with Crippen molar-refractivity contribution in [2.75, 3.05) is 38.2 Å². The maximum absolute atomic E-state index is 13.4. The summed E-state index contributed by atoms with van der Waals surface area (Å²) in [6, 6.07) is 36.5. The zero-order chi connectivity index (χ0) is 37.4. The highest BCUT2D eigenvalue weighted by Gasteiger charge is 2.42. The van der Waals surface area contributed by atoms with E-state index < -0.39 is 32.9 Å². The number of rotatable bonds is 15. The zero-order valence-electron chi connectivity index (χ0n) is 29.6. The van der Waals surface area contributed by atoms with Gasteiger partial charge >= 0.3 is 5.69 Å². The molecular formula is C40H41N3O8S2. The van der Waals surface area contributed by atoms with E-state index in [9.17, 15) is 18.0 Å². The van der Waals surface area contributed by atoms with Crippen molar-refractivity contribution < 1.29 is 31.6 Å². The Morgan fingerprint density at radius 2 is 1.43 bits per heavy atom. The SMILES string of the molecule is COc1ccc(C(SC[C@H]2C[C@H](n3ccc(NC(=O)c4ccccc4)nc3=O)O[C@@H]2CCOS(C)(=O)=O)(c2ccccc2)c2ccc(OC)cc2)cc1. The molecule has 1 aromatic heterocycles. The second-order valence-electron chi connectivity index (χ2n) is 12.6. The Morgan fingerprint density at radius 1 is 0.868 bits per heavy atom. The van der Waals surface area contributed by atoms with Crippen molar-refractivity contribution in [3.05, 3.63) is 154 Å². The number of carbonyl (C=O) groups excluding carboxylic acids is 1. The molecular weight excluding hydrogens is 715 g/mol. The summed E-state index contributed by atoms with van der Waals surface area (Å²) in [4.78, 5) is 30.2. The van der Waals surface area contributed by atoms with E-state index in [1.807, 2.05) is 48.5 Å². The molecule has 1 aliphatic rings. The van der Waals surface area contributed by atoms with Crippen LogP contribution in [0.15, 0.2) is 126 Å². The van der Waals surface area contributed by atoms with Gasteiger partial charge in [0.25, 0.3) is 16.0 Å². The van der Waals surface area contributed by atoms with E-state index in [1.165, 1.54) is 4.57 Å². The van der Waals surface area contributed by atoms with Crippen LogP contribution in [0.3, 0.4) is 0 Å². The molecule has 11 nitrogen and oxygen atoms in total. The van der Waals surface area contributed by atoms with Crippen molar-refractivity contribution in [1.29, 1.82) is 0 Å². The van der Waals surface area contributed by atoms with Crippen LogP contribution in [0.5, 0.6) is 11.5 Å². The molecule has 2 heterocycles. The number of nitrogens with one attached hydrogen (secondary N) is 1. The third kappa shape index (κ3) is 8.99. The molecule has 276 valence electrons. The van der Waals surface area contributed by atoms with E-state index in [0.29, 0.717) is 17.7 Å². The van der Waals surface area contributed by atoms with Gasteiger partial charge in [-0.15, -0.1) is 11.8 Å². The van der Waals surface area contributed by atoms with Crippen molar-refractivity contribution in [2.24, 2.45) is 5.92 Å². The van der Waals surface area contributed by atoms with Crippen molar-refractivity contribution >= 4 is 33.6 Å². The molecule has 0 unspecified atom stereocenters. The number of nitrogens with zero attached hydrogens (tertiary/aromatic N) is 2. The molecule has 1 aliphatic heterocycles. The monoisotopic (exact) mass is 755 g/mol. The Balaban J connectivity index is 1.32. The van der Waals surface area contributed by atoms with Gasteiger partial charge in [-0.3, -0.25) is 13.5 Å². The molecule has 3 atom stereocenters. The maximum Gasteiger partial charge on any atom is 0.351 e. The van der Waals surface area contributed by atoms with E-state index in [4.69, 9.17) is 18.4 Å². The van der Waals surface area contributed by atoms with Crippen LogP contribution >= 0.6 is 11.8 Å². The molecule has 1 fully saturated rings. The van der Waals surface area contributed by atoms with Crippen molar-refractivity contribution in [1.82, 2.24) is 9.55 Å². The smallest absolute Gasteiger partial charge is 0.351 e. The van der Waals surface area contributed by atoms with Gasteiger partial charge in [-0.1, -0.05) is 72.8 Å². The summed E-state index contributed by atoms with van der Waals surface area (Å²) in [6.45, 7) is -0.0736. The van der Waals surface area contributed by atoms with Crippen LogP contribution in [0.2, 0.25) is 0 Å². The Kier molecular flexibility index (Phi) is 12.0. The van der Waals surface area contributed by atoms with Gasteiger partial charge in [0, 0.05) is 17.5 Å². The van der Waals surface area contributed by atoms with Crippen LogP contribution in [0, 0.1) is 5.92 Å². The number of carbonyl (C=O) groups is 1. The molecule has 4 aromatic carbocycles. The lowest BCUT2D eigenvalue weighted by Crippen LogP contribution is -2.29. The molecule has 0 saturated carbocycles. The lowest BCUT2D eigenvalue weighted by Gasteiger charge is -2.37. The Labute approximate surface area is 313 Å². The summed E-state index contributed by atoms with van der Waals surface area (Å²) in [7, 11) is -0.405. The lowest BCUT2D eigenvalue weighted by atomic mass is 9.84. The highest BCUT2D eigenvalue weighted by atomic mass is 32.2. The van der Waals surface area contributed by atoms with E-state index in [2.05, 4.69) is 46.7 Å². The highest BCUT2D eigenvalue weighted by molar-refractivity contribution is 8.00. The van der Waals surface area contributed by atoms with E-state index in [0.717, 1.165) is 34.4 Å². The van der Waals surface area contributed by atoms with Gasteiger partial charge in [0.2, 0.25) is 0 Å². The number of hydrogen-bond acceptors (Lipinski definition) is 10. The predicted octanol–water partition coefficient (Wildman–Crippen LogP) is 6.51. The number of aromatic nitrogens is 2. The van der Waals surface area contributed by atoms with Gasteiger partial charge < -0.3 is 19.5 Å². The van der Waals surface area contributed by atoms with Crippen LogP contribution in [0.1, 0.15) is 46.1 Å². The van der Waals surface area contributed by atoms with Crippen LogP contribution < -0.4 is 20.5 Å². The number of amides is 1. The Hall–Kier alpha value is -4.95. The minimum Gasteiger partial charge on any atom is -0.497 e. The normalized spacial score (nSPS) is 17.3. The summed E-state index contributed by atoms with van der Waals surface area (Å²) in [5.41, 5.74) is 2.96. The minimum atomic E-state index is -3.68. The molecule has 5 aromatic rings. The number of methoxy groups -OCH3 is 2. The lowest BCUT2D eigenvalue weighted by molar-refractivity contribution is -0.0141. The molecule has 1 amide bonds. The molecule has 53 heavy (non-hydrogen) atoms. The van der Waals surface area contributed by atoms with Crippen LogP contribution in [-0.4, -0.2) is 62.8 Å². The Morgan fingerprint density at radius 3 is 1.98 bits per heavy atom. The van der Waals surface area contributed by atoms with Crippen LogP contribution in [0.25, 0.3) is 0 Å². The number of benzene rings is 4. The van der Waals surface area contributed by atoms with Gasteiger partial charge in [0.05, 0.1) is 37.9 Å². The second-order valence-corrected chi connectivity index (χ2v) is 15.5. The first-order chi connectivity index (χ1) is 25.6. The first-order valence-corrected chi connectivity index (χ1v) is 19.8. The summed E-state index contributed by atoms with van der Waals surface area (Å²) in [5.74, 6) is 1.65. The van der Waals surface area contributed by atoms with Crippen LogP contribution in [-0.2, 0) is 23.8 Å². The van der Waals surface area contributed by atoms with Gasteiger partial charge in [0.15, 0.2) is 0 Å². The average molecular weight is 756 g/mol. The molecule has 0 spiro atoms. The molecule has 13 heteroatoms. The minimum absolute atomic E-state index is 0.0736. The fraction of sp³-hybridized carbons (Fsp3) is 0.275. The maximum atomic E-state index is 13.4. The number of anilines is 1. The third-order valence-electron chi connectivity index (χ3n) is 9.17. The van der Waals surface area contributed by atoms with Crippen molar-refractivity contribution in [2.45, 2.75) is 29.9 Å². The molecule has 1 N–H and O–H groups in total. The van der Waals surface area contributed by atoms with Crippen LogP contribution in [0.4, 0.5) is 5.82 Å². The molecule has 6 rings (SSSR count). The number of thioether (sulfide) groups is 1. The van der Waals surface area contributed by atoms with Gasteiger partial charge in [0.1, 0.15) is 23.5 Å². The standard InChI is InChI=1S/C40H41N3O8S2/c1-48-33-18-14-31(15-19-33)40(30-12-8-5-9-13-30,32-16-20-34(49-2)21-17-32)52-27-29-26-37(51-35(29)23-25-50-53(3,46)47)43-24-22-36(42-39(43)45)41-38(44)28-10-6-4-7-11-28/h4-22,24,29,35,37H,23,25-27H2,1-3H3,(H,41,42,44,45)/t29-,35-,37-/m1/s1. The average Bonchev–Trinajstić information content (AvgIpc) is 3.58. The predicted molar refractivity (Wildman–Crippen MR) is 205 cm³/mol. The first-order valence-electron chi connectivity index (χ1n) is 17.0.